The van der Waals surface area contributed by atoms with Gasteiger partial charge in [0.1, 0.15) is 11.4 Å². The van der Waals surface area contributed by atoms with Crippen molar-refractivity contribution in [1.82, 2.24) is 4.90 Å². The number of aliphatic hydroxyl groups is 1. The first-order valence-electron chi connectivity index (χ1n) is 20.3. The van der Waals surface area contributed by atoms with Crippen LogP contribution in [0.15, 0.2) is 24.0 Å². The van der Waals surface area contributed by atoms with Crippen molar-refractivity contribution in [2.45, 2.75) is 191 Å². The number of likely N-dealkylation sites (tertiary alicyclic amines) is 1. The maximum atomic E-state index is 13.3. The van der Waals surface area contributed by atoms with Gasteiger partial charge in [0.05, 0.1) is 12.5 Å². The number of carbonyl (C=O) groups is 1. The van der Waals surface area contributed by atoms with Crippen molar-refractivity contribution < 1.29 is 28.8 Å². The molecule has 5 atom stereocenters. The SMILES string of the molecule is CCCCCCCCCCCC(=O)OC1=CC[C@@]2(OC(O)CCCCCCCCCCC)[C@H]3Cc4ccc(OC)c5c4C2(CCN3C)[C@H]1O5. The molecule has 2 heterocycles. The molecule has 2 aliphatic heterocycles. The van der Waals surface area contributed by atoms with Crippen LogP contribution in [0.5, 0.6) is 11.5 Å². The van der Waals surface area contributed by atoms with E-state index in [9.17, 15) is 9.90 Å². The predicted molar refractivity (Wildman–Crippen MR) is 196 cm³/mol. The predicted octanol–water partition coefficient (Wildman–Crippen LogP) is 9.70. The second-order valence-corrected chi connectivity index (χ2v) is 15.5. The van der Waals surface area contributed by atoms with Gasteiger partial charge in [0.2, 0.25) is 0 Å². The first-order valence-corrected chi connectivity index (χ1v) is 20.3. The summed E-state index contributed by atoms with van der Waals surface area (Å²) in [5.74, 6) is 1.86. The number of ether oxygens (including phenoxy) is 4. The fraction of sp³-hybridized carbons (Fsp3) is 0.786. The highest BCUT2D eigenvalue weighted by molar-refractivity contribution is 5.72. The number of unbranched alkanes of at least 4 members (excludes halogenated alkanes) is 16. The van der Waals surface area contributed by atoms with Gasteiger partial charge in [-0.15, -0.1) is 0 Å². The molecule has 0 radical (unpaired) electrons. The van der Waals surface area contributed by atoms with Crippen LogP contribution in [-0.2, 0) is 26.1 Å². The highest BCUT2D eigenvalue weighted by Crippen LogP contribution is 2.66. The van der Waals surface area contributed by atoms with Crippen molar-refractivity contribution in [1.29, 1.82) is 0 Å². The van der Waals surface area contributed by atoms with Crippen LogP contribution < -0.4 is 9.47 Å². The molecule has 1 saturated heterocycles. The molecule has 0 aromatic heterocycles. The molecule has 276 valence electrons. The Hall–Kier alpha value is -2.09. The Morgan fingerprint density at radius 2 is 1.53 bits per heavy atom. The second kappa shape index (κ2) is 18.4. The van der Waals surface area contributed by atoms with E-state index in [1.54, 1.807) is 7.11 Å². The summed E-state index contributed by atoms with van der Waals surface area (Å²) < 4.78 is 25.9. The molecule has 1 aromatic carbocycles. The van der Waals surface area contributed by atoms with Crippen molar-refractivity contribution >= 4 is 5.97 Å². The molecule has 7 heteroatoms. The normalized spacial score (nSPS) is 25.8. The summed E-state index contributed by atoms with van der Waals surface area (Å²) in [6, 6.07) is 4.24. The third-order valence-corrected chi connectivity index (χ3v) is 12.1. The molecule has 1 N–H and O–H groups in total. The number of hydrogen-bond donors (Lipinski definition) is 1. The van der Waals surface area contributed by atoms with Gasteiger partial charge < -0.3 is 29.0 Å². The van der Waals surface area contributed by atoms with Crippen LogP contribution in [0.2, 0.25) is 0 Å². The molecular weight excluding hydrogens is 614 g/mol. The summed E-state index contributed by atoms with van der Waals surface area (Å²) in [5, 5.41) is 11.5. The minimum absolute atomic E-state index is 0.0624. The van der Waals surface area contributed by atoms with Crippen molar-refractivity contribution in [2.24, 2.45) is 0 Å². The minimum atomic E-state index is -0.864. The van der Waals surface area contributed by atoms with E-state index in [0.717, 1.165) is 56.4 Å². The van der Waals surface area contributed by atoms with Crippen molar-refractivity contribution in [3.8, 4) is 11.5 Å². The Morgan fingerprint density at radius 3 is 2.16 bits per heavy atom. The zero-order valence-corrected chi connectivity index (χ0v) is 31.4. The van der Waals surface area contributed by atoms with Gasteiger partial charge in [0.15, 0.2) is 23.9 Å². The van der Waals surface area contributed by atoms with E-state index in [1.165, 1.54) is 95.5 Å². The molecular formula is C42H67NO6. The number of nitrogens with zero attached hydrogens (tertiary/aromatic N) is 1. The molecule has 7 nitrogen and oxygen atoms in total. The van der Waals surface area contributed by atoms with E-state index in [0.29, 0.717) is 30.8 Å². The third-order valence-electron chi connectivity index (χ3n) is 12.1. The highest BCUT2D eigenvalue weighted by Gasteiger charge is 2.73. The molecule has 1 fully saturated rings. The standard InChI is InChI=1S/C42H67NO6/c1-5-7-9-11-13-15-17-19-21-23-36(44)47-34-27-28-42(49-37(45)24-22-20-18-16-14-12-10-8-6-2)35-31-32-25-26-33(46-4)39-38(32)41(42,40(34)48-39)29-30-43(35)3/h25-27,35,37,40,45H,5-24,28-31H2,1-4H3/t35-,37?,40+,41?,42-/m1/s1. The lowest BCUT2D eigenvalue weighted by Crippen LogP contribution is -2.76. The molecule has 2 unspecified atom stereocenters. The summed E-state index contributed by atoms with van der Waals surface area (Å²) in [6.45, 7) is 5.39. The van der Waals surface area contributed by atoms with Crippen LogP contribution in [0, 0.1) is 0 Å². The minimum Gasteiger partial charge on any atom is -0.493 e. The molecule has 5 rings (SSSR count). The van der Waals surface area contributed by atoms with Crippen LogP contribution in [0.1, 0.15) is 166 Å². The first kappa shape index (κ1) is 38.1. The van der Waals surface area contributed by atoms with E-state index in [4.69, 9.17) is 18.9 Å². The maximum Gasteiger partial charge on any atom is 0.310 e. The Bertz CT molecular complexity index is 1230. The van der Waals surface area contributed by atoms with E-state index in [1.807, 2.05) is 12.1 Å². The zero-order chi connectivity index (χ0) is 34.7. The number of esters is 1. The van der Waals surface area contributed by atoms with Crippen molar-refractivity contribution in [3.63, 3.8) is 0 Å². The smallest absolute Gasteiger partial charge is 0.310 e. The zero-order valence-electron chi connectivity index (χ0n) is 31.4. The average Bonchev–Trinajstić information content (AvgIpc) is 3.45. The number of carbonyl (C=O) groups excluding carboxylic acids is 1. The Kier molecular flexibility index (Phi) is 14.3. The summed E-state index contributed by atoms with van der Waals surface area (Å²) in [7, 11) is 3.86. The Balaban J connectivity index is 1.27. The third kappa shape index (κ3) is 8.36. The second-order valence-electron chi connectivity index (χ2n) is 15.5. The molecule has 49 heavy (non-hydrogen) atoms. The van der Waals surface area contributed by atoms with Gasteiger partial charge in [-0.1, -0.05) is 123 Å². The molecule has 1 spiro atoms. The van der Waals surface area contributed by atoms with Crippen molar-refractivity contribution in [2.75, 3.05) is 20.7 Å². The van der Waals surface area contributed by atoms with E-state index in [-0.39, 0.29) is 12.0 Å². The molecule has 0 saturated carbocycles. The number of benzene rings is 1. The lowest BCUT2D eigenvalue weighted by atomic mass is 9.50. The molecule has 0 amide bonds. The van der Waals surface area contributed by atoms with Gasteiger partial charge in [-0.2, -0.15) is 0 Å². The van der Waals surface area contributed by atoms with E-state index in [2.05, 4.69) is 31.9 Å². The lowest BCUT2D eigenvalue weighted by molar-refractivity contribution is -0.265. The molecule has 4 aliphatic rings. The molecule has 2 aliphatic carbocycles. The molecule has 1 aromatic rings. The number of methoxy groups -OCH3 is 1. The number of likely N-dealkylation sites (N-methyl/N-ethyl adjacent to an activating group) is 1. The highest BCUT2D eigenvalue weighted by atomic mass is 16.6. The fourth-order valence-corrected chi connectivity index (χ4v) is 9.48. The summed E-state index contributed by atoms with van der Waals surface area (Å²) >= 11 is 0. The van der Waals surface area contributed by atoms with E-state index >= 15 is 0 Å². The van der Waals surface area contributed by atoms with Gasteiger partial charge in [-0.3, -0.25) is 4.79 Å². The largest absolute Gasteiger partial charge is 0.493 e. The Labute approximate surface area is 297 Å². The fourth-order valence-electron chi connectivity index (χ4n) is 9.48. The van der Waals surface area contributed by atoms with Crippen LogP contribution in [-0.4, -0.2) is 60.7 Å². The summed E-state index contributed by atoms with van der Waals surface area (Å²) in [6.07, 6.45) is 25.9. The number of piperidine rings is 1. The maximum absolute atomic E-state index is 13.3. The van der Waals surface area contributed by atoms with Gasteiger partial charge in [0, 0.05) is 24.4 Å². The Morgan fingerprint density at radius 1 is 0.918 bits per heavy atom. The molecule has 2 bridgehead atoms. The van der Waals surface area contributed by atoms with Gasteiger partial charge >= 0.3 is 5.97 Å². The van der Waals surface area contributed by atoms with Crippen molar-refractivity contribution in [3.05, 3.63) is 35.1 Å². The van der Waals surface area contributed by atoms with Crippen LogP contribution in [0.4, 0.5) is 0 Å². The van der Waals surface area contributed by atoms with Gasteiger partial charge in [-0.05, 0) is 63.4 Å². The monoisotopic (exact) mass is 681 g/mol. The van der Waals surface area contributed by atoms with E-state index < -0.39 is 23.4 Å². The van der Waals surface area contributed by atoms with Gasteiger partial charge in [-0.25, -0.2) is 0 Å². The average molecular weight is 682 g/mol. The summed E-state index contributed by atoms with van der Waals surface area (Å²) in [5.41, 5.74) is 1.09. The lowest BCUT2D eigenvalue weighted by Gasteiger charge is -2.63. The van der Waals surface area contributed by atoms with Crippen LogP contribution >= 0.6 is 0 Å². The van der Waals surface area contributed by atoms with Crippen LogP contribution in [0.3, 0.4) is 0 Å². The quantitative estimate of drug-likeness (QED) is 0.0661. The van der Waals surface area contributed by atoms with Crippen LogP contribution in [0.25, 0.3) is 0 Å². The number of hydrogen-bond acceptors (Lipinski definition) is 7. The topological polar surface area (TPSA) is 77.5 Å². The number of rotatable bonds is 24. The number of aliphatic hydroxyl groups excluding tert-OH is 1. The first-order chi connectivity index (χ1) is 23.9. The summed E-state index contributed by atoms with van der Waals surface area (Å²) in [4.78, 5) is 15.7. The van der Waals surface area contributed by atoms with Gasteiger partial charge in [0.25, 0.3) is 0 Å².